The van der Waals surface area contributed by atoms with Gasteiger partial charge in [-0.25, -0.2) is 4.39 Å². The van der Waals surface area contributed by atoms with Gasteiger partial charge >= 0.3 is 0 Å². The second-order valence-electron chi connectivity index (χ2n) is 4.93. The fraction of sp³-hybridized carbons (Fsp3) is 0.500. The van der Waals surface area contributed by atoms with E-state index in [2.05, 4.69) is 22.6 Å². The maximum absolute atomic E-state index is 13.9. The van der Waals surface area contributed by atoms with Crippen molar-refractivity contribution in [2.75, 3.05) is 19.0 Å². The molecule has 0 aromatic heterocycles. The van der Waals surface area contributed by atoms with Gasteiger partial charge in [-0.05, 0) is 40.1 Å². The van der Waals surface area contributed by atoms with Crippen molar-refractivity contribution < 1.29 is 4.39 Å². The van der Waals surface area contributed by atoms with Crippen LogP contribution < -0.4 is 4.90 Å². The van der Waals surface area contributed by atoms with Crippen LogP contribution in [0.25, 0.3) is 0 Å². The van der Waals surface area contributed by atoms with Gasteiger partial charge in [-0.15, -0.1) is 0 Å². The number of nitrogens with zero attached hydrogens (tertiary/aromatic N) is 1. The summed E-state index contributed by atoms with van der Waals surface area (Å²) >= 11 is 2.20. The van der Waals surface area contributed by atoms with E-state index in [9.17, 15) is 4.39 Å². The molecule has 0 amide bonds. The summed E-state index contributed by atoms with van der Waals surface area (Å²) in [6.45, 7) is 6.09. The highest BCUT2D eigenvalue weighted by Crippen LogP contribution is 2.32. The van der Waals surface area contributed by atoms with Crippen LogP contribution in [0.3, 0.4) is 0 Å². The van der Waals surface area contributed by atoms with Gasteiger partial charge in [-0.2, -0.15) is 0 Å². The normalized spacial score (nSPS) is 11.7. The first-order valence-corrected chi connectivity index (χ1v) is 5.98. The maximum atomic E-state index is 13.9. The van der Waals surface area contributed by atoms with Gasteiger partial charge in [0.25, 0.3) is 0 Å². The van der Waals surface area contributed by atoms with Gasteiger partial charge in [0.15, 0.2) is 0 Å². The molecule has 1 aromatic rings. The average Bonchev–Trinajstić information content (AvgIpc) is 1.99. The Balaban J connectivity index is 3.34. The van der Waals surface area contributed by atoms with E-state index < -0.39 is 0 Å². The summed E-state index contributed by atoms with van der Waals surface area (Å²) in [5.74, 6) is -0.113. The molecule has 0 heterocycles. The Labute approximate surface area is 105 Å². The molecule has 0 spiro atoms. The average molecular weight is 321 g/mol. The lowest BCUT2D eigenvalue weighted by Gasteiger charge is -2.23. The van der Waals surface area contributed by atoms with E-state index >= 15 is 0 Å². The number of hydrogen-bond acceptors (Lipinski definition) is 1. The molecule has 0 aliphatic carbocycles. The Morgan fingerprint density at radius 2 is 1.73 bits per heavy atom. The van der Waals surface area contributed by atoms with Crippen LogP contribution in [-0.4, -0.2) is 14.1 Å². The number of hydrogen-bond donors (Lipinski definition) is 0. The van der Waals surface area contributed by atoms with Crippen LogP contribution in [0.4, 0.5) is 10.1 Å². The van der Waals surface area contributed by atoms with Crippen LogP contribution in [0.2, 0.25) is 0 Å². The first-order chi connectivity index (χ1) is 6.73. The fourth-order valence-corrected chi connectivity index (χ4v) is 2.92. The molecule has 1 rings (SSSR count). The van der Waals surface area contributed by atoms with Crippen molar-refractivity contribution in [3.8, 4) is 0 Å². The topological polar surface area (TPSA) is 3.24 Å². The van der Waals surface area contributed by atoms with Crippen LogP contribution in [0.15, 0.2) is 12.1 Å². The van der Waals surface area contributed by atoms with Crippen LogP contribution >= 0.6 is 22.6 Å². The summed E-state index contributed by atoms with van der Waals surface area (Å²) in [7, 11) is 3.84. The van der Waals surface area contributed by atoms with Crippen molar-refractivity contribution in [3.05, 3.63) is 27.1 Å². The molecule has 0 aliphatic heterocycles. The monoisotopic (exact) mass is 321 g/mol. The zero-order valence-corrected chi connectivity index (χ0v) is 12.0. The Morgan fingerprint density at radius 1 is 1.20 bits per heavy atom. The van der Waals surface area contributed by atoms with Crippen molar-refractivity contribution in [1.82, 2.24) is 0 Å². The molecule has 0 fully saturated rings. The minimum atomic E-state index is -0.147. The third kappa shape index (κ3) is 2.83. The highest BCUT2D eigenvalue weighted by atomic mass is 127. The number of halogens is 2. The zero-order valence-electron chi connectivity index (χ0n) is 9.86. The predicted octanol–water partition coefficient (Wildman–Crippen LogP) is 3.79. The van der Waals surface area contributed by atoms with E-state index in [4.69, 9.17) is 0 Å². The quantitative estimate of drug-likeness (QED) is 0.711. The molecule has 0 N–H and O–H groups in total. The van der Waals surface area contributed by atoms with Crippen LogP contribution in [0.1, 0.15) is 26.3 Å². The molecule has 1 nitrogen and oxygen atoms in total. The van der Waals surface area contributed by atoms with Crippen LogP contribution in [0.5, 0.6) is 0 Å². The summed E-state index contributed by atoms with van der Waals surface area (Å²) in [4.78, 5) is 1.91. The van der Waals surface area contributed by atoms with E-state index in [1.165, 1.54) is 0 Å². The van der Waals surface area contributed by atoms with Crippen LogP contribution in [0, 0.1) is 9.39 Å². The Hall–Kier alpha value is -0.320. The molecule has 84 valence electrons. The van der Waals surface area contributed by atoms with Gasteiger partial charge < -0.3 is 4.90 Å². The third-order valence-corrected chi connectivity index (χ3v) is 3.14. The highest BCUT2D eigenvalue weighted by molar-refractivity contribution is 14.1. The lowest BCUT2D eigenvalue weighted by atomic mass is 9.86. The minimum absolute atomic E-state index is 0.113. The van der Waals surface area contributed by atoms with Crippen molar-refractivity contribution in [3.63, 3.8) is 0 Å². The molecule has 15 heavy (non-hydrogen) atoms. The number of rotatable bonds is 1. The summed E-state index contributed by atoms with van der Waals surface area (Å²) < 4.78 is 14.9. The van der Waals surface area contributed by atoms with Gasteiger partial charge in [0.1, 0.15) is 5.82 Å². The fourth-order valence-electron chi connectivity index (χ4n) is 1.53. The van der Waals surface area contributed by atoms with Crippen molar-refractivity contribution in [1.29, 1.82) is 0 Å². The van der Waals surface area contributed by atoms with E-state index in [1.807, 2.05) is 45.8 Å². The molecular weight excluding hydrogens is 304 g/mol. The summed E-state index contributed by atoms with van der Waals surface area (Å²) in [5.41, 5.74) is 1.56. The standard InChI is InChI=1S/C12H17FIN/c1-12(2,3)11-9(13)6-8(15(4)5)7-10(11)14/h6-7H,1-5H3. The zero-order chi connectivity index (χ0) is 11.8. The van der Waals surface area contributed by atoms with Crippen molar-refractivity contribution >= 4 is 28.3 Å². The van der Waals surface area contributed by atoms with Crippen molar-refractivity contribution in [2.45, 2.75) is 26.2 Å². The molecule has 0 unspecified atom stereocenters. The Bertz CT molecular complexity index is 343. The minimum Gasteiger partial charge on any atom is -0.378 e. The Kier molecular flexibility index (Phi) is 3.63. The molecule has 1 aromatic carbocycles. The molecule has 0 atom stereocenters. The lowest BCUT2D eigenvalue weighted by molar-refractivity contribution is 0.519. The first-order valence-electron chi connectivity index (χ1n) is 4.90. The van der Waals surface area contributed by atoms with Gasteiger partial charge in [-0.1, -0.05) is 20.8 Å². The summed E-state index contributed by atoms with van der Waals surface area (Å²) in [5, 5.41) is 0. The largest absolute Gasteiger partial charge is 0.378 e. The smallest absolute Gasteiger partial charge is 0.130 e. The third-order valence-electron chi connectivity index (χ3n) is 2.29. The molecule has 0 saturated carbocycles. The van der Waals surface area contributed by atoms with Crippen LogP contribution in [-0.2, 0) is 5.41 Å². The van der Waals surface area contributed by atoms with E-state index in [1.54, 1.807) is 6.07 Å². The van der Waals surface area contributed by atoms with E-state index in [0.717, 1.165) is 14.8 Å². The van der Waals surface area contributed by atoms with Crippen molar-refractivity contribution in [2.24, 2.45) is 0 Å². The molecule has 3 heteroatoms. The van der Waals surface area contributed by atoms with Gasteiger partial charge in [0.05, 0.1) is 0 Å². The van der Waals surface area contributed by atoms with Gasteiger partial charge in [-0.3, -0.25) is 0 Å². The van der Waals surface area contributed by atoms with E-state index in [-0.39, 0.29) is 11.2 Å². The SMILES string of the molecule is CN(C)c1cc(F)c(C(C)(C)C)c(I)c1. The molecule has 0 saturated heterocycles. The first kappa shape index (κ1) is 12.7. The van der Waals surface area contributed by atoms with E-state index in [0.29, 0.717) is 0 Å². The molecule has 0 aliphatic rings. The molecule has 0 bridgehead atoms. The summed E-state index contributed by atoms with van der Waals surface area (Å²) in [6, 6.07) is 3.62. The highest BCUT2D eigenvalue weighted by Gasteiger charge is 2.22. The second kappa shape index (κ2) is 4.28. The van der Waals surface area contributed by atoms with Gasteiger partial charge in [0.2, 0.25) is 0 Å². The number of anilines is 1. The second-order valence-corrected chi connectivity index (χ2v) is 6.09. The Morgan fingerprint density at radius 3 is 2.07 bits per heavy atom. The van der Waals surface area contributed by atoms with Gasteiger partial charge in [0, 0.05) is 28.9 Å². The number of benzene rings is 1. The summed E-state index contributed by atoms with van der Waals surface area (Å²) in [6.07, 6.45) is 0. The molecular formula is C12H17FIN. The molecule has 0 radical (unpaired) electrons. The maximum Gasteiger partial charge on any atom is 0.130 e. The predicted molar refractivity (Wildman–Crippen MR) is 72.1 cm³/mol. The lowest BCUT2D eigenvalue weighted by Crippen LogP contribution is -2.17.